The number of hydrogen-bond acceptors (Lipinski definition) is 1. The van der Waals surface area contributed by atoms with Gasteiger partial charge in [0.2, 0.25) is 0 Å². The van der Waals surface area contributed by atoms with Gasteiger partial charge in [0.05, 0.1) is 0 Å². The van der Waals surface area contributed by atoms with Gasteiger partial charge in [-0.3, -0.25) is 0 Å². The molecule has 0 amide bonds. The van der Waals surface area contributed by atoms with Crippen LogP contribution in [0.15, 0.2) is 30.3 Å². The van der Waals surface area contributed by atoms with E-state index in [1.165, 1.54) is 36.1 Å². The van der Waals surface area contributed by atoms with Gasteiger partial charge in [-0.2, -0.15) is 0 Å². The van der Waals surface area contributed by atoms with Gasteiger partial charge in [-0.15, -0.1) is 0 Å². The Hall–Kier alpha value is -1.28. The molecule has 1 aliphatic heterocycles. The molecular weight excluding hydrogens is 172 g/mol. The summed E-state index contributed by atoms with van der Waals surface area (Å²) >= 11 is 0. The Balaban J connectivity index is 1.89. The molecule has 2 N–H and O–H groups in total. The molecule has 1 aromatic carbocycles. The lowest BCUT2D eigenvalue weighted by atomic mass is 9.98. The second kappa shape index (κ2) is 3.14. The molecule has 3 rings (SSSR count). The number of rotatable bonds is 2. The largest absolute Gasteiger partial charge is 0.358 e. The van der Waals surface area contributed by atoms with Crippen molar-refractivity contribution in [1.82, 2.24) is 10.3 Å². The Morgan fingerprint density at radius 3 is 2.79 bits per heavy atom. The summed E-state index contributed by atoms with van der Waals surface area (Å²) in [5.74, 6) is 0.836. The van der Waals surface area contributed by atoms with E-state index in [0.717, 1.165) is 5.92 Å². The third-order valence-electron chi connectivity index (χ3n) is 2.96. The standard InChI is InChI=1S/C12H14N2/c1-2-4-12-10(3-1)6-11(14-12)5-9-7-13-8-9/h1-4,6,9,13-14H,5,7-8H2. The first-order valence-corrected chi connectivity index (χ1v) is 5.19. The lowest BCUT2D eigenvalue weighted by Crippen LogP contribution is -2.43. The number of aromatic nitrogens is 1. The minimum absolute atomic E-state index is 0.836. The summed E-state index contributed by atoms with van der Waals surface area (Å²) < 4.78 is 0. The summed E-state index contributed by atoms with van der Waals surface area (Å²) in [5, 5.41) is 4.63. The maximum Gasteiger partial charge on any atom is 0.0456 e. The quantitative estimate of drug-likeness (QED) is 0.737. The van der Waals surface area contributed by atoms with E-state index in [1.807, 2.05) is 0 Å². The van der Waals surface area contributed by atoms with Crippen molar-refractivity contribution in [2.24, 2.45) is 5.92 Å². The molecule has 0 spiro atoms. The molecule has 0 radical (unpaired) electrons. The third kappa shape index (κ3) is 1.32. The molecule has 14 heavy (non-hydrogen) atoms. The number of fused-ring (bicyclic) bond motifs is 1. The molecule has 2 heterocycles. The van der Waals surface area contributed by atoms with Crippen LogP contribution in [-0.4, -0.2) is 18.1 Å². The van der Waals surface area contributed by atoms with Gasteiger partial charge >= 0.3 is 0 Å². The highest BCUT2D eigenvalue weighted by Crippen LogP contribution is 2.18. The van der Waals surface area contributed by atoms with Gasteiger partial charge in [0.15, 0.2) is 0 Å². The minimum atomic E-state index is 0.836. The Morgan fingerprint density at radius 1 is 1.21 bits per heavy atom. The van der Waals surface area contributed by atoms with Crippen molar-refractivity contribution in [3.8, 4) is 0 Å². The van der Waals surface area contributed by atoms with Crippen LogP contribution in [0.2, 0.25) is 0 Å². The van der Waals surface area contributed by atoms with Crippen molar-refractivity contribution in [2.75, 3.05) is 13.1 Å². The highest BCUT2D eigenvalue weighted by atomic mass is 14.9. The predicted molar refractivity (Wildman–Crippen MR) is 58.4 cm³/mol. The number of aromatic amines is 1. The fraction of sp³-hybridized carbons (Fsp3) is 0.333. The third-order valence-corrected chi connectivity index (χ3v) is 2.96. The molecule has 2 heteroatoms. The molecule has 1 aliphatic rings. The average molecular weight is 186 g/mol. The van der Waals surface area contributed by atoms with Gasteiger partial charge in [0.25, 0.3) is 0 Å². The molecule has 2 nitrogen and oxygen atoms in total. The molecule has 0 unspecified atom stereocenters. The van der Waals surface area contributed by atoms with Crippen LogP contribution in [-0.2, 0) is 6.42 Å². The summed E-state index contributed by atoms with van der Waals surface area (Å²) in [4.78, 5) is 3.47. The van der Waals surface area contributed by atoms with E-state index in [4.69, 9.17) is 0 Å². The molecule has 0 saturated carbocycles. The van der Waals surface area contributed by atoms with Crippen molar-refractivity contribution in [3.05, 3.63) is 36.0 Å². The molecule has 0 aliphatic carbocycles. The molecule has 2 aromatic rings. The maximum atomic E-state index is 3.47. The van der Waals surface area contributed by atoms with Crippen molar-refractivity contribution in [1.29, 1.82) is 0 Å². The molecule has 1 aromatic heterocycles. The molecule has 72 valence electrons. The van der Waals surface area contributed by atoms with Crippen molar-refractivity contribution in [3.63, 3.8) is 0 Å². The van der Waals surface area contributed by atoms with Crippen LogP contribution in [0.25, 0.3) is 10.9 Å². The van der Waals surface area contributed by atoms with E-state index in [0.29, 0.717) is 0 Å². The maximum absolute atomic E-state index is 3.47. The Bertz CT molecular complexity index is 407. The first-order valence-electron chi connectivity index (χ1n) is 5.19. The molecule has 1 fully saturated rings. The molecule has 0 bridgehead atoms. The van der Waals surface area contributed by atoms with Gasteiger partial charge in [0.1, 0.15) is 0 Å². The molecule has 0 atom stereocenters. The second-order valence-electron chi connectivity index (χ2n) is 4.11. The smallest absolute Gasteiger partial charge is 0.0456 e. The number of benzene rings is 1. The van der Waals surface area contributed by atoms with Crippen LogP contribution in [0, 0.1) is 5.92 Å². The van der Waals surface area contributed by atoms with E-state index < -0.39 is 0 Å². The lowest BCUT2D eigenvalue weighted by Gasteiger charge is -2.26. The van der Waals surface area contributed by atoms with Crippen LogP contribution in [0.3, 0.4) is 0 Å². The SMILES string of the molecule is c1ccc2[nH]c(CC3CNC3)cc2c1. The van der Waals surface area contributed by atoms with Gasteiger partial charge in [0, 0.05) is 11.2 Å². The van der Waals surface area contributed by atoms with Gasteiger partial charge in [-0.05, 0) is 42.9 Å². The zero-order valence-corrected chi connectivity index (χ0v) is 8.09. The van der Waals surface area contributed by atoms with Crippen LogP contribution in [0.4, 0.5) is 0 Å². The number of para-hydroxylation sites is 1. The summed E-state index contributed by atoms with van der Waals surface area (Å²) in [7, 11) is 0. The van der Waals surface area contributed by atoms with Crippen LogP contribution in [0.5, 0.6) is 0 Å². The second-order valence-corrected chi connectivity index (χ2v) is 4.11. The Kier molecular flexibility index (Phi) is 1.81. The van der Waals surface area contributed by atoms with Crippen molar-refractivity contribution < 1.29 is 0 Å². The van der Waals surface area contributed by atoms with Crippen LogP contribution < -0.4 is 5.32 Å². The van der Waals surface area contributed by atoms with Crippen LogP contribution in [0.1, 0.15) is 5.69 Å². The first kappa shape index (κ1) is 8.06. The monoisotopic (exact) mass is 186 g/mol. The Labute approximate surface area is 83.3 Å². The summed E-state index contributed by atoms with van der Waals surface area (Å²) in [6, 6.07) is 10.7. The van der Waals surface area contributed by atoms with E-state index in [-0.39, 0.29) is 0 Å². The van der Waals surface area contributed by atoms with Crippen LogP contribution >= 0.6 is 0 Å². The van der Waals surface area contributed by atoms with E-state index in [2.05, 4.69) is 40.6 Å². The summed E-state index contributed by atoms with van der Waals surface area (Å²) in [6.07, 6.45) is 1.18. The predicted octanol–water partition coefficient (Wildman–Crippen LogP) is 1.93. The zero-order valence-electron chi connectivity index (χ0n) is 8.09. The van der Waals surface area contributed by atoms with Crippen molar-refractivity contribution in [2.45, 2.75) is 6.42 Å². The number of nitrogens with one attached hydrogen (secondary N) is 2. The molecule has 1 saturated heterocycles. The lowest BCUT2D eigenvalue weighted by molar-refractivity contribution is 0.344. The first-order chi connectivity index (χ1) is 6.92. The highest BCUT2D eigenvalue weighted by Gasteiger charge is 2.17. The molecular formula is C12H14N2. The Morgan fingerprint density at radius 2 is 2.07 bits per heavy atom. The number of H-pyrrole nitrogens is 1. The number of hydrogen-bond donors (Lipinski definition) is 2. The highest BCUT2D eigenvalue weighted by molar-refractivity contribution is 5.80. The zero-order chi connectivity index (χ0) is 9.38. The van der Waals surface area contributed by atoms with Gasteiger partial charge in [-0.25, -0.2) is 0 Å². The fourth-order valence-electron chi connectivity index (χ4n) is 2.05. The van der Waals surface area contributed by atoms with Gasteiger partial charge in [-0.1, -0.05) is 18.2 Å². The summed E-state index contributed by atoms with van der Waals surface area (Å²) in [5.41, 5.74) is 2.63. The van der Waals surface area contributed by atoms with E-state index in [1.54, 1.807) is 0 Å². The van der Waals surface area contributed by atoms with Gasteiger partial charge < -0.3 is 10.3 Å². The van der Waals surface area contributed by atoms with Crippen molar-refractivity contribution >= 4 is 10.9 Å². The minimum Gasteiger partial charge on any atom is -0.358 e. The van der Waals surface area contributed by atoms with E-state index >= 15 is 0 Å². The average Bonchev–Trinajstić information content (AvgIpc) is 2.53. The normalized spacial score (nSPS) is 17.1. The fourth-order valence-corrected chi connectivity index (χ4v) is 2.05. The summed E-state index contributed by atoms with van der Waals surface area (Å²) in [6.45, 7) is 2.35. The van der Waals surface area contributed by atoms with E-state index in [9.17, 15) is 0 Å². The topological polar surface area (TPSA) is 27.8 Å².